The molecule has 5 nitrogen and oxygen atoms in total. The zero-order chi connectivity index (χ0) is 8.15. The van der Waals surface area contributed by atoms with Crippen molar-refractivity contribution in [3.63, 3.8) is 0 Å². The lowest BCUT2D eigenvalue weighted by Crippen LogP contribution is -2.40. The molecule has 0 aliphatic heterocycles. The van der Waals surface area contributed by atoms with E-state index in [1.165, 1.54) is 0 Å². The van der Waals surface area contributed by atoms with Gasteiger partial charge in [-0.25, -0.2) is 0 Å². The monoisotopic (exact) mass is 150 g/mol. The Hall–Kier alpha value is -0.490. The van der Waals surface area contributed by atoms with E-state index in [9.17, 15) is 4.79 Å². The second-order valence-electron chi connectivity index (χ2n) is 1.87. The number of carbonyl (C=O) groups is 1. The quantitative estimate of drug-likeness (QED) is 0.326. The van der Waals surface area contributed by atoms with Gasteiger partial charge in [-0.05, 0) is 0 Å². The summed E-state index contributed by atoms with van der Waals surface area (Å²) in [6, 6.07) is 0. The van der Waals surface area contributed by atoms with Crippen LogP contribution in [0, 0.1) is 0 Å². The maximum Gasteiger partial charge on any atom is 0.151 e. The summed E-state index contributed by atoms with van der Waals surface area (Å²) >= 11 is 0. The minimum absolute atomic E-state index is 0.0869. The van der Waals surface area contributed by atoms with Crippen LogP contribution >= 0.6 is 0 Å². The summed E-state index contributed by atoms with van der Waals surface area (Å²) < 4.78 is 0. The highest BCUT2D eigenvalue weighted by molar-refractivity contribution is 5.56. The van der Waals surface area contributed by atoms with E-state index >= 15 is 0 Å². The van der Waals surface area contributed by atoms with E-state index in [0.717, 1.165) is 0 Å². The highest BCUT2D eigenvalue weighted by Crippen LogP contribution is 1.96. The van der Waals surface area contributed by atoms with Crippen LogP contribution in [0.25, 0.3) is 0 Å². The largest absolute Gasteiger partial charge is 0.394 e. The molecule has 0 rings (SSSR count). The molecule has 0 aliphatic carbocycles. The highest BCUT2D eigenvalue weighted by Gasteiger charge is 2.22. The molecule has 3 atom stereocenters. The van der Waals surface area contributed by atoms with Crippen molar-refractivity contribution in [2.24, 2.45) is 0 Å². The normalized spacial score (nSPS) is 19.6. The van der Waals surface area contributed by atoms with Gasteiger partial charge in [0.15, 0.2) is 6.29 Å². The van der Waals surface area contributed by atoms with Crippen molar-refractivity contribution in [1.29, 1.82) is 0 Å². The van der Waals surface area contributed by atoms with Gasteiger partial charge in [0.2, 0.25) is 0 Å². The van der Waals surface area contributed by atoms with Crippen molar-refractivity contribution in [3.05, 3.63) is 0 Å². The van der Waals surface area contributed by atoms with E-state index in [-0.39, 0.29) is 6.29 Å². The molecular weight excluding hydrogens is 140 g/mol. The third-order valence-electron chi connectivity index (χ3n) is 1.07. The topological polar surface area (TPSA) is 98.0 Å². The Labute approximate surface area is 57.5 Å². The molecule has 5 heteroatoms. The Morgan fingerprint density at radius 3 is 2.10 bits per heavy atom. The standard InChI is InChI=1S/C5H10O5/c6-1-3(8)5(10)4(9)2-7/h1,3-5,7-10H,2H2/t3-,4-,5?/m1/s1. The molecule has 0 saturated carbocycles. The van der Waals surface area contributed by atoms with Crippen LogP contribution in [0.5, 0.6) is 0 Å². The molecule has 1 unspecified atom stereocenters. The second kappa shape index (κ2) is 4.35. The van der Waals surface area contributed by atoms with E-state index in [1.807, 2.05) is 0 Å². The first-order valence-corrected chi connectivity index (χ1v) is 2.73. The summed E-state index contributed by atoms with van der Waals surface area (Å²) in [5.74, 6) is 0. The first-order valence-electron chi connectivity index (χ1n) is 2.73. The zero-order valence-electron chi connectivity index (χ0n) is 5.21. The lowest BCUT2D eigenvalue weighted by Gasteiger charge is -2.16. The van der Waals surface area contributed by atoms with Crippen molar-refractivity contribution in [1.82, 2.24) is 0 Å². The average Bonchev–Trinajstić information content (AvgIpc) is 2.00. The van der Waals surface area contributed by atoms with Gasteiger partial charge >= 0.3 is 0 Å². The molecule has 0 aromatic heterocycles. The van der Waals surface area contributed by atoms with Crippen LogP contribution in [-0.2, 0) is 4.79 Å². The number of hydrogen-bond acceptors (Lipinski definition) is 5. The highest BCUT2D eigenvalue weighted by atomic mass is 16.4. The number of aliphatic hydroxyl groups is 4. The van der Waals surface area contributed by atoms with Crippen LogP contribution in [-0.4, -0.2) is 51.6 Å². The summed E-state index contributed by atoms with van der Waals surface area (Å²) in [5, 5.41) is 34.1. The van der Waals surface area contributed by atoms with Crippen LogP contribution < -0.4 is 0 Å². The van der Waals surface area contributed by atoms with Gasteiger partial charge in [-0.3, -0.25) is 0 Å². The molecule has 0 fully saturated rings. The lowest BCUT2D eigenvalue weighted by molar-refractivity contribution is -0.127. The maximum atomic E-state index is 9.76. The van der Waals surface area contributed by atoms with E-state index < -0.39 is 24.9 Å². The van der Waals surface area contributed by atoms with Gasteiger partial charge in [-0.1, -0.05) is 0 Å². The predicted octanol–water partition coefficient (Wildman–Crippen LogP) is -2.74. The van der Waals surface area contributed by atoms with E-state index in [1.54, 1.807) is 0 Å². The molecule has 0 saturated heterocycles. The summed E-state index contributed by atoms with van der Waals surface area (Å²) in [5.41, 5.74) is 0. The third-order valence-corrected chi connectivity index (χ3v) is 1.07. The minimum atomic E-state index is -1.64. The summed E-state index contributed by atoms with van der Waals surface area (Å²) in [6.45, 7) is -0.688. The molecule has 0 aromatic rings. The van der Waals surface area contributed by atoms with E-state index in [2.05, 4.69) is 0 Å². The molecule has 0 bridgehead atoms. The predicted molar refractivity (Wildman–Crippen MR) is 31.2 cm³/mol. The third kappa shape index (κ3) is 2.40. The number of hydrogen-bond donors (Lipinski definition) is 4. The van der Waals surface area contributed by atoms with Crippen molar-refractivity contribution in [2.75, 3.05) is 6.61 Å². The molecular formula is C5H10O5. The average molecular weight is 150 g/mol. The van der Waals surface area contributed by atoms with Gasteiger partial charge in [0.25, 0.3) is 0 Å². The van der Waals surface area contributed by atoms with Gasteiger partial charge in [0.05, 0.1) is 6.61 Å². The maximum absolute atomic E-state index is 9.76. The number of rotatable bonds is 4. The first kappa shape index (κ1) is 9.51. The lowest BCUT2D eigenvalue weighted by atomic mass is 10.1. The van der Waals surface area contributed by atoms with Crippen LogP contribution in [0.2, 0.25) is 0 Å². The molecule has 4 N–H and O–H groups in total. The van der Waals surface area contributed by atoms with Crippen LogP contribution in [0.15, 0.2) is 0 Å². The Balaban J connectivity index is 3.80. The van der Waals surface area contributed by atoms with Gasteiger partial charge in [-0.2, -0.15) is 0 Å². The van der Waals surface area contributed by atoms with Crippen molar-refractivity contribution in [3.8, 4) is 0 Å². The number of carbonyl (C=O) groups excluding carboxylic acids is 1. The number of aldehydes is 1. The van der Waals surface area contributed by atoms with E-state index in [0.29, 0.717) is 0 Å². The first-order chi connectivity index (χ1) is 4.63. The Kier molecular flexibility index (Phi) is 4.13. The summed E-state index contributed by atoms with van der Waals surface area (Å²) in [4.78, 5) is 9.76. The zero-order valence-corrected chi connectivity index (χ0v) is 5.21. The molecule has 0 amide bonds. The fourth-order valence-electron chi connectivity index (χ4n) is 0.416. The molecule has 0 heterocycles. The van der Waals surface area contributed by atoms with Gasteiger partial charge in [-0.15, -0.1) is 0 Å². The molecule has 0 aromatic carbocycles. The summed E-state index contributed by atoms with van der Waals surface area (Å²) in [6.07, 6.45) is -4.63. The molecule has 0 aliphatic rings. The molecule has 60 valence electrons. The van der Waals surface area contributed by atoms with Gasteiger partial charge in [0.1, 0.15) is 18.3 Å². The van der Waals surface area contributed by atoms with Crippen LogP contribution in [0.1, 0.15) is 0 Å². The van der Waals surface area contributed by atoms with E-state index in [4.69, 9.17) is 20.4 Å². The number of aliphatic hydroxyl groups excluding tert-OH is 4. The van der Waals surface area contributed by atoms with Crippen LogP contribution in [0.3, 0.4) is 0 Å². The summed E-state index contributed by atoms with van der Waals surface area (Å²) in [7, 11) is 0. The van der Waals surface area contributed by atoms with Gasteiger partial charge in [0, 0.05) is 0 Å². The Bertz CT molecular complexity index is 104. The van der Waals surface area contributed by atoms with Crippen molar-refractivity contribution < 1.29 is 25.2 Å². The fourth-order valence-corrected chi connectivity index (χ4v) is 0.416. The molecule has 10 heavy (non-hydrogen) atoms. The van der Waals surface area contributed by atoms with Crippen molar-refractivity contribution >= 4 is 6.29 Å². The molecule has 0 spiro atoms. The smallest absolute Gasteiger partial charge is 0.151 e. The minimum Gasteiger partial charge on any atom is -0.394 e. The van der Waals surface area contributed by atoms with Gasteiger partial charge < -0.3 is 25.2 Å². The van der Waals surface area contributed by atoms with Crippen molar-refractivity contribution in [2.45, 2.75) is 18.3 Å². The fraction of sp³-hybridized carbons (Fsp3) is 0.800. The van der Waals surface area contributed by atoms with Crippen LogP contribution in [0.4, 0.5) is 0 Å². The Morgan fingerprint density at radius 2 is 1.80 bits per heavy atom. The SMILES string of the molecule is O=C[C@@H](O)C(O)[C@H](O)CO. The molecule has 0 radical (unpaired) electrons. The second-order valence-corrected chi connectivity index (χ2v) is 1.87. The Morgan fingerprint density at radius 1 is 1.30 bits per heavy atom.